The minimum absolute atomic E-state index is 0.0292. The van der Waals surface area contributed by atoms with E-state index in [4.69, 9.17) is 0 Å². The smallest absolute Gasteiger partial charge is 0.353 e. The standard InChI is InChI=1S/C23H27N3O7S/c1-9-4-5-12(22(30)31)6-14(9)25-20(28)15-7-13(8-24-15)34-19-10(2)17-16(11(3)27)21(29)26(17)18(19)23(32)33/h4-6,10-11,13,15-17,24,27H,7-8H2,1-3H3,(H,25,28)(H,30,31)(H,32,33). The highest BCUT2D eigenvalue weighted by Crippen LogP contribution is 2.51. The van der Waals surface area contributed by atoms with Gasteiger partial charge in [0.15, 0.2) is 0 Å². The Hall–Kier alpha value is -2.89. The molecule has 11 heteroatoms. The van der Waals surface area contributed by atoms with E-state index < -0.39 is 30.0 Å². The lowest BCUT2D eigenvalue weighted by Gasteiger charge is -2.46. The van der Waals surface area contributed by atoms with Crippen LogP contribution >= 0.6 is 11.8 Å². The molecule has 34 heavy (non-hydrogen) atoms. The first kappa shape index (κ1) is 24.2. The average Bonchev–Trinajstić information content (AvgIpc) is 3.31. The summed E-state index contributed by atoms with van der Waals surface area (Å²) >= 11 is 1.36. The van der Waals surface area contributed by atoms with Crippen molar-refractivity contribution in [1.29, 1.82) is 0 Å². The normalized spacial score (nSPS) is 29.0. The zero-order valence-corrected chi connectivity index (χ0v) is 19.8. The van der Waals surface area contributed by atoms with Crippen molar-refractivity contribution in [2.75, 3.05) is 11.9 Å². The van der Waals surface area contributed by atoms with E-state index in [9.17, 15) is 34.5 Å². The number of thioether (sulfide) groups is 1. The first-order valence-electron chi connectivity index (χ1n) is 11.0. The molecule has 4 rings (SSSR count). The molecule has 6 unspecified atom stereocenters. The Labute approximate surface area is 200 Å². The second-order valence-electron chi connectivity index (χ2n) is 9.03. The van der Waals surface area contributed by atoms with Gasteiger partial charge in [-0.15, -0.1) is 11.8 Å². The quantitative estimate of drug-likeness (QED) is 0.356. The van der Waals surface area contributed by atoms with Crippen molar-refractivity contribution in [2.24, 2.45) is 11.8 Å². The zero-order chi connectivity index (χ0) is 24.9. The number of aromatic carboxylic acids is 1. The average molecular weight is 490 g/mol. The van der Waals surface area contributed by atoms with E-state index in [1.807, 2.05) is 6.92 Å². The van der Waals surface area contributed by atoms with Gasteiger partial charge in [0, 0.05) is 28.3 Å². The molecule has 6 atom stereocenters. The number of fused-ring (bicyclic) bond motifs is 1. The van der Waals surface area contributed by atoms with Gasteiger partial charge in [-0.2, -0.15) is 0 Å². The molecule has 182 valence electrons. The van der Waals surface area contributed by atoms with Gasteiger partial charge in [0.05, 0.1) is 29.7 Å². The number of benzene rings is 1. The van der Waals surface area contributed by atoms with Gasteiger partial charge in [0.1, 0.15) is 5.70 Å². The molecular formula is C23H27N3O7S. The van der Waals surface area contributed by atoms with Crippen molar-refractivity contribution in [3.63, 3.8) is 0 Å². The minimum atomic E-state index is -1.18. The maximum Gasteiger partial charge on any atom is 0.353 e. The van der Waals surface area contributed by atoms with Crippen molar-refractivity contribution >= 4 is 41.2 Å². The van der Waals surface area contributed by atoms with Crippen LogP contribution in [0.15, 0.2) is 28.8 Å². The van der Waals surface area contributed by atoms with E-state index in [0.29, 0.717) is 23.6 Å². The SMILES string of the molecule is Cc1ccc(C(=O)O)cc1NC(=O)C1CC(SC2=C(C(=O)O)N3C(=O)C(C(C)O)C3C2C)CN1. The minimum Gasteiger partial charge on any atom is -0.478 e. The molecule has 0 aromatic heterocycles. The molecule has 3 heterocycles. The van der Waals surface area contributed by atoms with Crippen LogP contribution in [-0.2, 0) is 14.4 Å². The molecule has 0 bridgehead atoms. The Balaban J connectivity index is 1.45. The van der Waals surface area contributed by atoms with E-state index >= 15 is 0 Å². The summed E-state index contributed by atoms with van der Waals surface area (Å²) < 4.78 is 0. The topological polar surface area (TPSA) is 156 Å². The highest BCUT2D eigenvalue weighted by Gasteiger charge is 2.60. The van der Waals surface area contributed by atoms with E-state index in [0.717, 1.165) is 5.56 Å². The molecule has 0 saturated carbocycles. The van der Waals surface area contributed by atoms with Crippen molar-refractivity contribution < 1.29 is 34.5 Å². The largest absolute Gasteiger partial charge is 0.478 e. The maximum absolute atomic E-state index is 12.8. The summed E-state index contributed by atoms with van der Waals surface area (Å²) in [5, 5.41) is 34.8. The summed E-state index contributed by atoms with van der Waals surface area (Å²) in [5.74, 6) is -3.78. The van der Waals surface area contributed by atoms with E-state index in [-0.39, 0.29) is 40.3 Å². The number of anilines is 1. The fourth-order valence-electron chi connectivity index (χ4n) is 4.96. The fraction of sp³-hybridized carbons (Fsp3) is 0.478. The lowest BCUT2D eigenvalue weighted by Crippen LogP contribution is -2.63. The van der Waals surface area contributed by atoms with Crippen LogP contribution in [0, 0.1) is 18.8 Å². The molecule has 0 spiro atoms. The van der Waals surface area contributed by atoms with E-state index in [1.54, 1.807) is 13.0 Å². The number of hydrogen-bond acceptors (Lipinski definition) is 7. The van der Waals surface area contributed by atoms with Crippen LogP contribution in [0.5, 0.6) is 0 Å². The highest BCUT2D eigenvalue weighted by atomic mass is 32.2. The number of aliphatic carboxylic acids is 1. The zero-order valence-electron chi connectivity index (χ0n) is 18.9. The van der Waals surface area contributed by atoms with Gasteiger partial charge < -0.3 is 30.9 Å². The number of aliphatic hydroxyl groups is 1. The highest BCUT2D eigenvalue weighted by molar-refractivity contribution is 8.03. The number of rotatable bonds is 7. The monoisotopic (exact) mass is 489 g/mol. The molecule has 0 aliphatic carbocycles. The summed E-state index contributed by atoms with van der Waals surface area (Å²) in [7, 11) is 0. The Bertz CT molecular complexity index is 1100. The first-order valence-corrected chi connectivity index (χ1v) is 11.9. The number of nitrogens with zero attached hydrogens (tertiary/aromatic N) is 1. The number of carboxylic acid groups (broad SMARTS) is 2. The number of aryl methyl sites for hydroxylation is 1. The van der Waals surface area contributed by atoms with Crippen LogP contribution in [-0.4, -0.2) is 74.0 Å². The Morgan fingerprint density at radius 1 is 1.24 bits per heavy atom. The number of nitrogens with one attached hydrogen (secondary N) is 2. The number of β-lactam (4-membered cyclic amide) rings is 1. The predicted molar refractivity (Wildman–Crippen MR) is 124 cm³/mol. The van der Waals surface area contributed by atoms with Crippen molar-refractivity contribution in [2.45, 2.75) is 50.6 Å². The van der Waals surface area contributed by atoms with E-state index in [1.165, 1.54) is 35.7 Å². The summed E-state index contributed by atoms with van der Waals surface area (Å²) in [5.41, 5.74) is 1.21. The number of aliphatic hydroxyl groups excluding tert-OH is 1. The number of carboxylic acids is 2. The number of carbonyl (C=O) groups is 4. The first-order chi connectivity index (χ1) is 16.0. The Kier molecular flexibility index (Phi) is 6.45. The molecule has 2 saturated heterocycles. The molecule has 5 N–H and O–H groups in total. The molecule has 1 aromatic carbocycles. The molecule has 1 aromatic rings. The predicted octanol–water partition coefficient (Wildman–Crippen LogP) is 1.25. The van der Waals surface area contributed by atoms with Gasteiger partial charge in [-0.05, 0) is 38.0 Å². The van der Waals surface area contributed by atoms with Crippen LogP contribution in [0.2, 0.25) is 0 Å². The summed E-state index contributed by atoms with van der Waals surface area (Å²) in [4.78, 5) is 50.4. The van der Waals surface area contributed by atoms with Gasteiger partial charge >= 0.3 is 11.9 Å². The van der Waals surface area contributed by atoms with Gasteiger partial charge in [-0.1, -0.05) is 13.0 Å². The number of hydrogen-bond donors (Lipinski definition) is 5. The van der Waals surface area contributed by atoms with Gasteiger partial charge in [0.2, 0.25) is 11.8 Å². The summed E-state index contributed by atoms with van der Waals surface area (Å²) in [6.07, 6.45) is -0.421. The molecule has 10 nitrogen and oxygen atoms in total. The van der Waals surface area contributed by atoms with Crippen LogP contribution in [0.25, 0.3) is 0 Å². The molecule has 2 amide bonds. The third-order valence-electron chi connectivity index (χ3n) is 6.75. The number of amides is 2. The van der Waals surface area contributed by atoms with Gasteiger partial charge in [-0.25, -0.2) is 9.59 Å². The number of carbonyl (C=O) groups excluding carboxylic acids is 2. The van der Waals surface area contributed by atoms with Crippen molar-refractivity contribution in [3.8, 4) is 0 Å². The third kappa shape index (κ3) is 4.08. The van der Waals surface area contributed by atoms with Crippen molar-refractivity contribution in [3.05, 3.63) is 39.9 Å². The Morgan fingerprint density at radius 3 is 2.56 bits per heavy atom. The second kappa shape index (κ2) is 9.05. The van der Waals surface area contributed by atoms with Crippen LogP contribution in [0.4, 0.5) is 5.69 Å². The maximum atomic E-state index is 12.8. The summed E-state index contributed by atoms with van der Waals surface area (Å²) in [6, 6.07) is 3.62. The lowest BCUT2D eigenvalue weighted by atomic mass is 9.79. The molecule has 0 radical (unpaired) electrons. The molecule has 3 aliphatic heterocycles. The third-order valence-corrected chi connectivity index (χ3v) is 8.27. The molecule has 2 fully saturated rings. The second-order valence-corrected chi connectivity index (χ2v) is 10.4. The Morgan fingerprint density at radius 2 is 1.94 bits per heavy atom. The van der Waals surface area contributed by atoms with Crippen molar-refractivity contribution in [1.82, 2.24) is 10.2 Å². The van der Waals surface area contributed by atoms with E-state index in [2.05, 4.69) is 10.6 Å². The lowest BCUT2D eigenvalue weighted by molar-refractivity contribution is -0.163. The fourth-order valence-corrected chi connectivity index (χ4v) is 6.44. The van der Waals surface area contributed by atoms with Crippen LogP contribution in [0.1, 0.15) is 36.2 Å². The van der Waals surface area contributed by atoms with Gasteiger partial charge in [-0.3, -0.25) is 9.59 Å². The van der Waals surface area contributed by atoms with Gasteiger partial charge in [0.25, 0.3) is 0 Å². The molecular weight excluding hydrogens is 462 g/mol. The molecule has 3 aliphatic rings. The van der Waals surface area contributed by atoms with Crippen LogP contribution < -0.4 is 10.6 Å². The summed E-state index contributed by atoms with van der Waals surface area (Å²) in [6.45, 7) is 5.64. The van der Waals surface area contributed by atoms with Crippen LogP contribution in [0.3, 0.4) is 0 Å².